The van der Waals surface area contributed by atoms with Gasteiger partial charge in [0.2, 0.25) is 0 Å². The number of benzene rings is 1. The molecule has 6 nitrogen and oxygen atoms in total. The van der Waals surface area contributed by atoms with Crippen LogP contribution in [0.4, 0.5) is 0 Å². The standard InChI is InChI=1S/C22H22N4O2/c1-13-11-26-12-19(25-21(26)14(2)24-13)18-9-17-4-3-16(10-20(17)28-22(18)27)15-5-7-23-8-6-15/h3-4,9-12,15,23H,5-8H2,1-2H3. The van der Waals surface area contributed by atoms with Crippen molar-refractivity contribution in [2.24, 2.45) is 0 Å². The maximum absolute atomic E-state index is 12.7. The fraction of sp³-hybridized carbons (Fsp3) is 0.318. The number of piperidine rings is 1. The first kappa shape index (κ1) is 17.1. The number of aromatic nitrogens is 3. The molecule has 1 saturated heterocycles. The summed E-state index contributed by atoms with van der Waals surface area (Å²) in [4.78, 5) is 21.8. The van der Waals surface area contributed by atoms with Crippen LogP contribution in [-0.4, -0.2) is 27.5 Å². The summed E-state index contributed by atoms with van der Waals surface area (Å²) in [6, 6.07) is 8.11. The lowest BCUT2D eigenvalue weighted by molar-refractivity contribution is 0.460. The van der Waals surface area contributed by atoms with E-state index in [4.69, 9.17) is 4.42 Å². The molecule has 0 amide bonds. The number of hydrogen-bond donors (Lipinski definition) is 1. The molecule has 0 radical (unpaired) electrons. The average molecular weight is 374 g/mol. The van der Waals surface area contributed by atoms with Crippen molar-refractivity contribution in [3.8, 4) is 11.3 Å². The van der Waals surface area contributed by atoms with E-state index >= 15 is 0 Å². The zero-order valence-electron chi connectivity index (χ0n) is 16.0. The minimum Gasteiger partial charge on any atom is -0.422 e. The lowest BCUT2D eigenvalue weighted by Crippen LogP contribution is -2.26. The zero-order chi connectivity index (χ0) is 19.3. The van der Waals surface area contributed by atoms with E-state index in [1.54, 1.807) is 0 Å². The molecule has 0 aliphatic carbocycles. The minimum absolute atomic E-state index is 0.360. The Kier molecular flexibility index (Phi) is 4.02. The SMILES string of the molecule is Cc1cn2cc(-c3cc4ccc(C5CCNCC5)cc4oc3=O)nc2c(C)n1. The summed E-state index contributed by atoms with van der Waals surface area (Å²) in [5.41, 5.74) is 5.10. The maximum atomic E-state index is 12.7. The van der Waals surface area contributed by atoms with Gasteiger partial charge < -0.3 is 14.1 Å². The van der Waals surface area contributed by atoms with Crippen LogP contribution in [0.15, 0.2) is 45.9 Å². The van der Waals surface area contributed by atoms with Gasteiger partial charge in [-0.25, -0.2) is 9.78 Å². The Morgan fingerprint density at radius 3 is 2.75 bits per heavy atom. The molecule has 142 valence electrons. The summed E-state index contributed by atoms with van der Waals surface area (Å²) in [7, 11) is 0. The zero-order valence-corrected chi connectivity index (χ0v) is 16.0. The smallest absolute Gasteiger partial charge is 0.345 e. The highest BCUT2D eigenvalue weighted by Crippen LogP contribution is 2.29. The molecular weight excluding hydrogens is 352 g/mol. The van der Waals surface area contributed by atoms with Gasteiger partial charge in [-0.3, -0.25) is 4.98 Å². The maximum Gasteiger partial charge on any atom is 0.345 e. The molecule has 0 unspecified atom stereocenters. The van der Waals surface area contributed by atoms with Gasteiger partial charge in [-0.15, -0.1) is 0 Å². The lowest BCUT2D eigenvalue weighted by Gasteiger charge is -2.23. The summed E-state index contributed by atoms with van der Waals surface area (Å²) >= 11 is 0. The van der Waals surface area contributed by atoms with E-state index in [9.17, 15) is 4.79 Å². The highest BCUT2D eigenvalue weighted by Gasteiger charge is 2.17. The molecule has 1 fully saturated rings. The fourth-order valence-corrected chi connectivity index (χ4v) is 4.15. The minimum atomic E-state index is -0.360. The molecule has 0 spiro atoms. The Morgan fingerprint density at radius 1 is 1.11 bits per heavy atom. The number of fused-ring (bicyclic) bond motifs is 2. The summed E-state index contributed by atoms with van der Waals surface area (Å²) < 4.78 is 7.61. The number of rotatable bonds is 2. The molecule has 1 aliphatic rings. The van der Waals surface area contributed by atoms with Crippen LogP contribution in [0.25, 0.3) is 27.9 Å². The Balaban J connectivity index is 1.60. The van der Waals surface area contributed by atoms with E-state index in [2.05, 4.69) is 21.4 Å². The molecule has 4 heterocycles. The van der Waals surface area contributed by atoms with Gasteiger partial charge in [0, 0.05) is 17.8 Å². The number of nitrogens with zero attached hydrogens (tertiary/aromatic N) is 3. The molecule has 0 atom stereocenters. The third-order valence-corrected chi connectivity index (χ3v) is 5.57. The van der Waals surface area contributed by atoms with Crippen molar-refractivity contribution in [1.82, 2.24) is 19.7 Å². The Labute approximate surface area is 162 Å². The Bertz CT molecular complexity index is 1250. The van der Waals surface area contributed by atoms with Crippen LogP contribution in [0.3, 0.4) is 0 Å². The van der Waals surface area contributed by atoms with E-state index < -0.39 is 0 Å². The van der Waals surface area contributed by atoms with Crippen LogP contribution in [0.5, 0.6) is 0 Å². The number of hydrogen-bond acceptors (Lipinski definition) is 5. The van der Waals surface area contributed by atoms with Crippen molar-refractivity contribution in [2.45, 2.75) is 32.6 Å². The molecule has 3 aromatic heterocycles. The van der Waals surface area contributed by atoms with E-state index in [-0.39, 0.29) is 5.63 Å². The molecule has 4 aromatic rings. The highest BCUT2D eigenvalue weighted by molar-refractivity contribution is 5.82. The Morgan fingerprint density at radius 2 is 1.93 bits per heavy atom. The van der Waals surface area contributed by atoms with E-state index in [1.807, 2.05) is 48.8 Å². The van der Waals surface area contributed by atoms with Gasteiger partial charge in [0.1, 0.15) is 5.58 Å². The predicted molar refractivity (Wildman–Crippen MR) is 109 cm³/mol. The monoisotopic (exact) mass is 374 g/mol. The van der Waals surface area contributed by atoms with Crippen LogP contribution < -0.4 is 10.9 Å². The van der Waals surface area contributed by atoms with Crippen LogP contribution in [-0.2, 0) is 0 Å². The van der Waals surface area contributed by atoms with Crippen LogP contribution in [0.2, 0.25) is 0 Å². The van der Waals surface area contributed by atoms with Gasteiger partial charge in [-0.1, -0.05) is 12.1 Å². The van der Waals surface area contributed by atoms with E-state index in [1.165, 1.54) is 5.56 Å². The average Bonchev–Trinajstić information content (AvgIpc) is 3.12. The molecule has 5 rings (SSSR count). The number of nitrogens with one attached hydrogen (secondary N) is 1. The molecule has 6 heteroatoms. The first-order valence-corrected chi connectivity index (χ1v) is 9.70. The second-order valence-corrected chi connectivity index (χ2v) is 7.59. The van der Waals surface area contributed by atoms with Crippen molar-refractivity contribution >= 4 is 16.6 Å². The van der Waals surface area contributed by atoms with Crippen molar-refractivity contribution in [2.75, 3.05) is 13.1 Å². The summed E-state index contributed by atoms with van der Waals surface area (Å²) in [6.45, 7) is 5.93. The lowest BCUT2D eigenvalue weighted by atomic mass is 9.90. The van der Waals surface area contributed by atoms with Gasteiger partial charge >= 0.3 is 5.63 Å². The predicted octanol–water partition coefficient (Wildman–Crippen LogP) is 3.59. The molecular formula is C22H22N4O2. The van der Waals surface area contributed by atoms with Gasteiger partial charge in [-0.05, 0) is 63.4 Å². The number of imidazole rings is 1. The summed E-state index contributed by atoms with van der Waals surface area (Å²) in [5, 5.41) is 4.30. The second-order valence-electron chi connectivity index (χ2n) is 7.59. The fourth-order valence-electron chi connectivity index (χ4n) is 4.15. The van der Waals surface area contributed by atoms with Crippen LogP contribution >= 0.6 is 0 Å². The molecule has 28 heavy (non-hydrogen) atoms. The summed E-state index contributed by atoms with van der Waals surface area (Å²) in [6.07, 6.45) is 6.00. The van der Waals surface area contributed by atoms with E-state index in [0.29, 0.717) is 22.8 Å². The molecule has 1 N–H and O–H groups in total. The first-order chi connectivity index (χ1) is 13.6. The van der Waals surface area contributed by atoms with Gasteiger partial charge in [0.05, 0.1) is 22.6 Å². The first-order valence-electron chi connectivity index (χ1n) is 9.70. The molecule has 0 saturated carbocycles. The van der Waals surface area contributed by atoms with Gasteiger partial charge in [-0.2, -0.15) is 0 Å². The normalized spacial score (nSPS) is 15.5. The van der Waals surface area contributed by atoms with Crippen molar-refractivity contribution in [3.05, 3.63) is 64.0 Å². The van der Waals surface area contributed by atoms with Crippen molar-refractivity contribution in [3.63, 3.8) is 0 Å². The van der Waals surface area contributed by atoms with Gasteiger partial charge in [0.15, 0.2) is 5.65 Å². The molecule has 1 aliphatic heterocycles. The van der Waals surface area contributed by atoms with Crippen LogP contribution in [0.1, 0.15) is 35.7 Å². The van der Waals surface area contributed by atoms with Crippen molar-refractivity contribution in [1.29, 1.82) is 0 Å². The van der Waals surface area contributed by atoms with Gasteiger partial charge in [0.25, 0.3) is 0 Å². The summed E-state index contributed by atoms with van der Waals surface area (Å²) in [5.74, 6) is 0.521. The third-order valence-electron chi connectivity index (χ3n) is 5.57. The van der Waals surface area contributed by atoms with Crippen molar-refractivity contribution < 1.29 is 4.42 Å². The second kappa shape index (κ2) is 6.56. The largest absolute Gasteiger partial charge is 0.422 e. The number of aryl methyl sites for hydroxylation is 2. The molecule has 0 bridgehead atoms. The van der Waals surface area contributed by atoms with E-state index in [0.717, 1.165) is 48.4 Å². The quantitative estimate of drug-likeness (QED) is 0.543. The third kappa shape index (κ3) is 2.90. The topological polar surface area (TPSA) is 72.4 Å². The Hall–Kier alpha value is -2.99. The highest BCUT2D eigenvalue weighted by atomic mass is 16.4. The van der Waals surface area contributed by atoms with Crippen LogP contribution in [0, 0.1) is 13.8 Å². The molecule has 1 aromatic carbocycles.